The topological polar surface area (TPSA) is 66.0 Å². The highest BCUT2D eigenvalue weighted by molar-refractivity contribution is 4.99. The number of rotatable bonds is 4. The molecule has 0 unspecified atom stereocenters. The molecule has 1 aromatic heterocycles. The molecule has 84 valence electrons. The van der Waals surface area contributed by atoms with Crippen LogP contribution in [0.5, 0.6) is 0 Å². The molecule has 2 N–H and O–H groups in total. The van der Waals surface area contributed by atoms with Gasteiger partial charge < -0.3 is 10.5 Å². The second-order valence-corrected chi connectivity index (χ2v) is 4.69. The highest BCUT2D eigenvalue weighted by Crippen LogP contribution is 2.28. The molecule has 0 spiro atoms. The number of ether oxygens (including phenoxy) is 1. The van der Waals surface area contributed by atoms with Gasteiger partial charge in [0.25, 0.3) is 0 Å². The van der Waals surface area contributed by atoms with Crippen LogP contribution in [-0.2, 0) is 11.3 Å². The predicted molar refractivity (Wildman–Crippen MR) is 56.4 cm³/mol. The van der Waals surface area contributed by atoms with Crippen molar-refractivity contribution < 1.29 is 4.74 Å². The minimum Gasteiger partial charge on any atom is -0.380 e. The van der Waals surface area contributed by atoms with Crippen LogP contribution in [-0.4, -0.2) is 34.8 Å². The van der Waals surface area contributed by atoms with Crippen LogP contribution in [0.1, 0.15) is 25.5 Å². The summed E-state index contributed by atoms with van der Waals surface area (Å²) in [7, 11) is 0. The first-order valence-electron chi connectivity index (χ1n) is 5.33. The molecule has 15 heavy (non-hydrogen) atoms. The van der Waals surface area contributed by atoms with Crippen molar-refractivity contribution in [3.8, 4) is 0 Å². The SMILES string of the molecule is CC(C)c1cn(CC2(CN)COC2)nn1. The van der Waals surface area contributed by atoms with E-state index < -0.39 is 0 Å². The standard InChI is InChI=1S/C10H18N4O/c1-8(2)9-3-14(13-12-9)5-10(4-11)6-15-7-10/h3,8H,4-7,11H2,1-2H3. The molecule has 1 aliphatic rings. The quantitative estimate of drug-likeness (QED) is 0.780. The van der Waals surface area contributed by atoms with Crippen molar-refractivity contribution in [2.45, 2.75) is 26.3 Å². The van der Waals surface area contributed by atoms with Gasteiger partial charge in [-0.1, -0.05) is 19.1 Å². The second-order valence-electron chi connectivity index (χ2n) is 4.69. The van der Waals surface area contributed by atoms with Crippen molar-refractivity contribution in [3.05, 3.63) is 11.9 Å². The van der Waals surface area contributed by atoms with Gasteiger partial charge in [0.2, 0.25) is 0 Å². The van der Waals surface area contributed by atoms with E-state index in [1.807, 2.05) is 10.9 Å². The summed E-state index contributed by atoms with van der Waals surface area (Å²) in [5.74, 6) is 0.421. The second kappa shape index (κ2) is 3.90. The van der Waals surface area contributed by atoms with Gasteiger partial charge in [0.05, 0.1) is 25.5 Å². The predicted octanol–water partition coefficient (Wildman–Crippen LogP) is 0.377. The summed E-state index contributed by atoms with van der Waals surface area (Å²) in [5, 5.41) is 8.23. The van der Waals surface area contributed by atoms with Crippen molar-refractivity contribution in [1.29, 1.82) is 0 Å². The normalized spacial score (nSPS) is 19.2. The van der Waals surface area contributed by atoms with Crippen molar-refractivity contribution >= 4 is 0 Å². The maximum Gasteiger partial charge on any atom is 0.0852 e. The molecule has 0 aromatic carbocycles. The Bertz CT molecular complexity index is 324. The molecule has 0 amide bonds. The average molecular weight is 210 g/mol. The van der Waals surface area contributed by atoms with Crippen LogP contribution in [0, 0.1) is 5.41 Å². The molecule has 1 fully saturated rings. The van der Waals surface area contributed by atoms with E-state index in [0.717, 1.165) is 25.5 Å². The summed E-state index contributed by atoms with van der Waals surface area (Å²) in [6.07, 6.45) is 2.00. The van der Waals surface area contributed by atoms with Gasteiger partial charge in [-0.3, -0.25) is 4.68 Å². The number of nitrogens with two attached hydrogens (primary N) is 1. The average Bonchev–Trinajstić information content (AvgIpc) is 2.59. The minimum absolute atomic E-state index is 0.0853. The van der Waals surface area contributed by atoms with Crippen molar-refractivity contribution in [2.24, 2.45) is 11.1 Å². The van der Waals surface area contributed by atoms with E-state index in [2.05, 4.69) is 24.2 Å². The largest absolute Gasteiger partial charge is 0.380 e. The summed E-state index contributed by atoms with van der Waals surface area (Å²) in [4.78, 5) is 0. The third-order valence-electron chi connectivity index (χ3n) is 2.89. The van der Waals surface area contributed by atoms with Crippen molar-refractivity contribution in [1.82, 2.24) is 15.0 Å². The van der Waals surface area contributed by atoms with Crippen LogP contribution in [0.3, 0.4) is 0 Å². The first kappa shape index (κ1) is 10.6. The lowest BCUT2D eigenvalue weighted by atomic mass is 9.86. The van der Waals surface area contributed by atoms with Crippen LogP contribution >= 0.6 is 0 Å². The van der Waals surface area contributed by atoms with Crippen LogP contribution in [0.25, 0.3) is 0 Å². The molecule has 0 bridgehead atoms. The van der Waals surface area contributed by atoms with Gasteiger partial charge in [-0.05, 0) is 5.92 Å². The van der Waals surface area contributed by atoms with E-state index in [9.17, 15) is 0 Å². The van der Waals surface area contributed by atoms with Gasteiger partial charge >= 0.3 is 0 Å². The van der Waals surface area contributed by atoms with Gasteiger partial charge in [0.1, 0.15) is 0 Å². The fourth-order valence-electron chi connectivity index (χ4n) is 1.66. The first-order chi connectivity index (χ1) is 7.15. The molecule has 0 atom stereocenters. The zero-order chi connectivity index (χ0) is 10.9. The Balaban J connectivity index is 2.04. The van der Waals surface area contributed by atoms with E-state index in [-0.39, 0.29) is 5.41 Å². The van der Waals surface area contributed by atoms with Crippen LogP contribution in [0.2, 0.25) is 0 Å². The van der Waals surface area contributed by atoms with E-state index in [1.165, 1.54) is 0 Å². The first-order valence-corrected chi connectivity index (χ1v) is 5.33. The lowest BCUT2D eigenvalue weighted by Crippen LogP contribution is -2.51. The molecular weight excluding hydrogens is 192 g/mol. The van der Waals surface area contributed by atoms with Gasteiger partial charge in [0, 0.05) is 18.2 Å². The highest BCUT2D eigenvalue weighted by atomic mass is 16.5. The zero-order valence-corrected chi connectivity index (χ0v) is 9.31. The lowest BCUT2D eigenvalue weighted by molar-refractivity contribution is -0.117. The monoisotopic (exact) mass is 210 g/mol. The molecular formula is C10H18N4O. The fourth-order valence-corrected chi connectivity index (χ4v) is 1.66. The van der Waals surface area contributed by atoms with Gasteiger partial charge in [-0.15, -0.1) is 5.10 Å². The highest BCUT2D eigenvalue weighted by Gasteiger charge is 2.38. The Morgan fingerprint density at radius 1 is 1.60 bits per heavy atom. The smallest absolute Gasteiger partial charge is 0.0852 e. The molecule has 1 aromatic rings. The van der Waals surface area contributed by atoms with Gasteiger partial charge in [-0.2, -0.15) is 0 Å². The number of hydrogen-bond acceptors (Lipinski definition) is 4. The van der Waals surface area contributed by atoms with Gasteiger partial charge in [0.15, 0.2) is 0 Å². The minimum atomic E-state index is 0.0853. The summed E-state index contributed by atoms with van der Waals surface area (Å²) in [6.45, 7) is 7.15. The van der Waals surface area contributed by atoms with Crippen LogP contribution < -0.4 is 5.73 Å². The fraction of sp³-hybridized carbons (Fsp3) is 0.800. The Hall–Kier alpha value is -0.940. The molecule has 0 saturated carbocycles. The summed E-state index contributed by atoms with van der Waals surface area (Å²) in [6, 6.07) is 0. The molecule has 1 saturated heterocycles. The van der Waals surface area contributed by atoms with E-state index >= 15 is 0 Å². The van der Waals surface area contributed by atoms with Crippen LogP contribution in [0.4, 0.5) is 0 Å². The molecule has 5 heteroatoms. The number of hydrogen-bond donors (Lipinski definition) is 1. The van der Waals surface area contributed by atoms with Crippen molar-refractivity contribution in [3.63, 3.8) is 0 Å². The summed E-state index contributed by atoms with van der Waals surface area (Å²) in [5.41, 5.74) is 6.86. The molecule has 1 aliphatic heterocycles. The molecule has 0 aliphatic carbocycles. The third-order valence-corrected chi connectivity index (χ3v) is 2.89. The Kier molecular flexibility index (Phi) is 2.75. The Morgan fingerprint density at radius 2 is 2.33 bits per heavy atom. The maximum absolute atomic E-state index is 5.74. The molecule has 5 nitrogen and oxygen atoms in total. The summed E-state index contributed by atoms with van der Waals surface area (Å²) >= 11 is 0. The zero-order valence-electron chi connectivity index (χ0n) is 9.31. The van der Waals surface area contributed by atoms with E-state index in [4.69, 9.17) is 10.5 Å². The lowest BCUT2D eigenvalue weighted by Gasteiger charge is -2.40. The molecule has 2 heterocycles. The number of nitrogens with zero attached hydrogens (tertiary/aromatic N) is 3. The third kappa shape index (κ3) is 2.03. The van der Waals surface area contributed by atoms with Gasteiger partial charge in [-0.25, -0.2) is 0 Å². The molecule has 2 rings (SSSR count). The van der Waals surface area contributed by atoms with E-state index in [0.29, 0.717) is 12.5 Å². The van der Waals surface area contributed by atoms with E-state index in [1.54, 1.807) is 0 Å². The summed E-state index contributed by atoms with van der Waals surface area (Å²) < 4.78 is 7.09. The van der Waals surface area contributed by atoms with Crippen LogP contribution in [0.15, 0.2) is 6.20 Å². The number of aromatic nitrogens is 3. The Labute approximate surface area is 89.6 Å². The maximum atomic E-state index is 5.74. The molecule has 0 radical (unpaired) electrons. The Morgan fingerprint density at radius 3 is 2.73 bits per heavy atom. The van der Waals surface area contributed by atoms with Crippen molar-refractivity contribution in [2.75, 3.05) is 19.8 Å².